The summed E-state index contributed by atoms with van der Waals surface area (Å²) in [5.74, 6) is 0. The van der Waals surface area contributed by atoms with Crippen molar-refractivity contribution in [3.8, 4) is 12.1 Å². The summed E-state index contributed by atoms with van der Waals surface area (Å²) in [6.07, 6.45) is 2.22. The minimum atomic E-state index is 0.113. The van der Waals surface area contributed by atoms with Crippen molar-refractivity contribution in [3.63, 3.8) is 0 Å². The van der Waals surface area contributed by atoms with E-state index in [0.29, 0.717) is 11.7 Å². The molecule has 1 aromatic heterocycles. The first-order valence-corrected chi connectivity index (χ1v) is 5.41. The number of ether oxygens (including phenoxy) is 1. The summed E-state index contributed by atoms with van der Waals surface area (Å²) in [7, 11) is 0. The lowest BCUT2D eigenvalue weighted by atomic mass is 10.1. The van der Waals surface area contributed by atoms with E-state index in [9.17, 15) is 0 Å². The Balaban J connectivity index is 2.08. The minimum Gasteiger partial charge on any atom is -0.459 e. The number of aryl methyl sites for hydroxylation is 1. The van der Waals surface area contributed by atoms with Crippen LogP contribution in [0.4, 0.5) is 0 Å². The Kier molecular flexibility index (Phi) is 3.32. The summed E-state index contributed by atoms with van der Waals surface area (Å²) in [6.45, 7) is 3.69. The normalized spacial score (nSPS) is 20.1. The second kappa shape index (κ2) is 4.90. The van der Waals surface area contributed by atoms with Gasteiger partial charge in [-0.05, 0) is 32.4 Å². The van der Waals surface area contributed by atoms with Gasteiger partial charge >= 0.3 is 6.01 Å². The van der Waals surface area contributed by atoms with Gasteiger partial charge < -0.3 is 10.1 Å². The van der Waals surface area contributed by atoms with E-state index in [1.807, 2.05) is 13.0 Å². The molecule has 0 aliphatic carbocycles. The van der Waals surface area contributed by atoms with Crippen LogP contribution in [0, 0.1) is 18.3 Å². The molecule has 1 aliphatic heterocycles. The summed E-state index contributed by atoms with van der Waals surface area (Å²) in [4.78, 5) is 8.19. The van der Waals surface area contributed by atoms with Crippen molar-refractivity contribution in [2.24, 2.45) is 0 Å². The van der Waals surface area contributed by atoms with Gasteiger partial charge in [-0.3, -0.25) is 0 Å². The van der Waals surface area contributed by atoms with Crippen LogP contribution in [0.2, 0.25) is 0 Å². The number of piperidine rings is 1. The van der Waals surface area contributed by atoms with Crippen LogP contribution >= 0.6 is 0 Å². The molecule has 16 heavy (non-hydrogen) atoms. The second-order valence-electron chi connectivity index (χ2n) is 3.88. The topological polar surface area (TPSA) is 70.8 Å². The standard InChI is InChI=1S/C11H14N4O/c1-8-5-9(6-12)15-11(14-8)16-10-3-2-4-13-7-10/h5,10,13H,2-4,7H2,1H3. The molecule has 0 spiro atoms. The first-order chi connectivity index (χ1) is 7.78. The van der Waals surface area contributed by atoms with Crippen LogP contribution < -0.4 is 10.1 Å². The molecule has 5 heteroatoms. The van der Waals surface area contributed by atoms with E-state index in [1.165, 1.54) is 0 Å². The molecule has 84 valence electrons. The third-order valence-corrected chi connectivity index (χ3v) is 2.47. The molecular weight excluding hydrogens is 204 g/mol. The summed E-state index contributed by atoms with van der Waals surface area (Å²) in [6, 6.07) is 3.95. The Bertz CT molecular complexity index is 407. The van der Waals surface area contributed by atoms with Crippen molar-refractivity contribution in [2.45, 2.75) is 25.9 Å². The van der Waals surface area contributed by atoms with Gasteiger partial charge in [0.1, 0.15) is 17.9 Å². The molecule has 1 saturated heterocycles. The van der Waals surface area contributed by atoms with E-state index >= 15 is 0 Å². The first-order valence-electron chi connectivity index (χ1n) is 5.41. The number of nitrogens with zero attached hydrogens (tertiary/aromatic N) is 3. The molecule has 1 fully saturated rings. The number of hydrogen-bond acceptors (Lipinski definition) is 5. The molecule has 2 rings (SSSR count). The van der Waals surface area contributed by atoms with Crippen molar-refractivity contribution in [2.75, 3.05) is 13.1 Å². The largest absolute Gasteiger partial charge is 0.459 e. The highest BCUT2D eigenvalue weighted by Gasteiger charge is 2.16. The maximum atomic E-state index is 8.78. The van der Waals surface area contributed by atoms with Gasteiger partial charge in [0, 0.05) is 12.2 Å². The molecule has 2 heterocycles. The van der Waals surface area contributed by atoms with E-state index < -0.39 is 0 Å². The lowest BCUT2D eigenvalue weighted by molar-refractivity contribution is 0.153. The van der Waals surface area contributed by atoms with E-state index in [1.54, 1.807) is 6.07 Å². The van der Waals surface area contributed by atoms with Gasteiger partial charge in [0.25, 0.3) is 0 Å². The van der Waals surface area contributed by atoms with E-state index in [2.05, 4.69) is 15.3 Å². The Morgan fingerprint density at radius 3 is 3.12 bits per heavy atom. The SMILES string of the molecule is Cc1cc(C#N)nc(OC2CCCNC2)n1. The highest BCUT2D eigenvalue weighted by Crippen LogP contribution is 2.12. The Hall–Kier alpha value is -1.67. The van der Waals surface area contributed by atoms with Gasteiger partial charge in [-0.25, -0.2) is 4.98 Å². The predicted molar refractivity (Wildman–Crippen MR) is 58.0 cm³/mol. The average molecular weight is 218 g/mol. The quantitative estimate of drug-likeness (QED) is 0.794. The lowest BCUT2D eigenvalue weighted by Gasteiger charge is -2.22. The molecule has 0 radical (unpaired) electrons. The molecule has 1 aromatic rings. The minimum absolute atomic E-state index is 0.113. The fourth-order valence-corrected chi connectivity index (χ4v) is 1.72. The molecule has 0 aromatic carbocycles. The van der Waals surface area contributed by atoms with Crippen LogP contribution in [-0.4, -0.2) is 29.2 Å². The molecule has 5 nitrogen and oxygen atoms in total. The van der Waals surface area contributed by atoms with Crippen molar-refractivity contribution in [1.82, 2.24) is 15.3 Å². The van der Waals surface area contributed by atoms with Gasteiger partial charge in [0.15, 0.2) is 0 Å². The van der Waals surface area contributed by atoms with Gasteiger partial charge in [-0.2, -0.15) is 10.2 Å². The van der Waals surface area contributed by atoms with Gasteiger partial charge in [-0.15, -0.1) is 0 Å². The van der Waals surface area contributed by atoms with Crippen LogP contribution in [0.1, 0.15) is 24.2 Å². The van der Waals surface area contributed by atoms with Crippen molar-refractivity contribution in [3.05, 3.63) is 17.5 Å². The number of hydrogen-bond donors (Lipinski definition) is 1. The van der Waals surface area contributed by atoms with Crippen LogP contribution in [0.15, 0.2) is 6.07 Å². The molecule has 1 aliphatic rings. The third-order valence-electron chi connectivity index (χ3n) is 2.47. The second-order valence-corrected chi connectivity index (χ2v) is 3.88. The molecule has 1 unspecified atom stereocenters. The van der Waals surface area contributed by atoms with Crippen molar-refractivity contribution >= 4 is 0 Å². The van der Waals surface area contributed by atoms with Gasteiger partial charge in [0.2, 0.25) is 0 Å². The summed E-state index contributed by atoms with van der Waals surface area (Å²) >= 11 is 0. The summed E-state index contributed by atoms with van der Waals surface area (Å²) < 4.78 is 5.64. The summed E-state index contributed by atoms with van der Waals surface area (Å²) in [5, 5.41) is 12.0. The number of rotatable bonds is 2. The lowest BCUT2D eigenvalue weighted by Crippen LogP contribution is -2.37. The zero-order valence-corrected chi connectivity index (χ0v) is 9.23. The Morgan fingerprint density at radius 1 is 1.56 bits per heavy atom. The molecule has 1 atom stereocenters. The Labute approximate surface area is 94.5 Å². The maximum Gasteiger partial charge on any atom is 0.318 e. The highest BCUT2D eigenvalue weighted by atomic mass is 16.5. The van der Waals surface area contributed by atoms with Gasteiger partial charge in [0.05, 0.1) is 0 Å². The Morgan fingerprint density at radius 2 is 2.44 bits per heavy atom. The number of aromatic nitrogens is 2. The third kappa shape index (κ3) is 2.67. The molecule has 0 amide bonds. The van der Waals surface area contributed by atoms with Crippen LogP contribution in [-0.2, 0) is 0 Å². The van der Waals surface area contributed by atoms with Crippen LogP contribution in [0.5, 0.6) is 6.01 Å². The highest BCUT2D eigenvalue weighted by molar-refractivity contribution is 5.23. The fourth-order valence-electron chi connectivity index (χ4n) is 1.72. The summed E-state index contributed by atoms with van der Waals surface area (Å²) in [5.41, 5.74) is 1.11. The predicted octanol–water partition coefficient (Wildman–Crippen LogP) is 0.787. The van der Waals surface area contributed by atoms with Gasteiger partial charge in [-0.1, -0.05) is 0 Å². The monoisotopic (exact) mass is 218 g/mol. The molecule has 1 N–H and O–H groups in total. The smallest absolute Gasteiger partial charge is 0.318 e. The van der Waals surface area contributed by atoms with E-state index in [0.717, 1.165) is 31.6 Å². The first kappa shape index (κ1) is 10.8. The van der Waals surface area contributed by atoms with E-state index in [4.69, 9.17) is 10.00 Å². The fraction of sp³-hybridized carbons (Fsp3) is 0.545. The number of nitrogens with one attached hydrogen (secondary N) is 1. The average Bonchev–Trinajstić information content (AvgIpc) is 2.29. The zero-order chi connectivity index (χ0) is 11.4. The van der Waals surface area contributed by atoms with E-state index in [-0.39, 0.29) is 6.10 Å². The van der Waals surface area contributed by atoms with Crippen LogP contribution in [0.3, 0.4) is 0 Å². The van der Waals surface area contributed by atoms with Crippen molar-refractivity contribution < 1.29 is 4.74 Å². The molecule has 0 saturated carbocycles. The van der Waals surface area contributed by atoms with Crippen molar-refractivity contribution in [1.29, 1.82) is 5.26 Å². The maximum absolute atomic E-state index is 8.78. The molecule has 0 bridgehead atoms. The number of nitriles is 1. The molecular formula is C11H14N4O. The zero-order valence-electron chi connectivity index (χ0n) is 9.23. The van der Waals surface area contributed by atoms with Crippen LogP contribution in [0.25, 0.3) is 0 Å².